The van der Waals surface area contributed by atoms with Crippen molar-refractivity contribution in [1.29, 1.82) is 0 Å². The third kappa shape index (κ3) is 4.50. The molecule has 0 spiro atoms. The second kappa shape index (κ2) is 8.75. The van der Waals surface area contributed by atoms with E-state index in [1.807, 2.05) is 18.2 Å². The number of piperazine rings is 1. The Morgan fingerprint density at radius 3 is 2.23 bits per heavy atom. The molecular formula is C22H21BrN2O4S. The molecule has 0 aliphatic carbocycles. The van der Waals surface area contributed by atoms with Gasteiger partial charge in [-0.2, -0.15) is 0 Å². The molecule has 1 fully saturated rings. The molecule has 0 bridgehead atoms. The molecule has 6 nitrogen and oxygen atoms in total. The zero-order valence-electron chi connectivity index (χ0n) is 16.2. The first-order chi connectivity index (χ1) is 14.4. The van der Waals surface area contributed by atoms with Crippen LogP contribution in [0.4, 0.5) is 0 Å². The maximum absolute atomic E-state index is 12.8. The summed E-state index contributed by atoms with van der Waals surface area (Å²) in [4.78, 5) is 16.9. The third-order valence-electron chi connectivity index (χ3n) is 5.09. The van der Waals surface area contributed by atoms with Gasteiger partial charge in [0.2, 0.25) is 14.9 Å². The molecule has 4 rings (SSSR count). The van der Waals surface area contributed by atoms with E-state index in [2.05, 4.69) is 33.0 Å². The van der Waals surface area contributed by atoms with E-state index in [0.29, 0.717) is 13.1 Å². The van der Waals surface area contributed by atoms with Gasteiger partial charge in [-0.05, 0) is 42.0 Å². The molecule has 3 aromatic rings. The van der Waals surface area contributed by atoms with E-state index >= 15 is 0 Å². The van der Waals surface area contributed by atoms with Gasteiger partial charge in [0.15, 0.2) is 5.76 Å². The summed E-state index contributed by atoms with van der Waals surface area (Å²) in [6.07, 6.45) is 0. The molecule has 0 radical (unpaired) electrons. The van der Waals surface area contributed by atoms with Gasteiger partial charge < -0.3 is 9.32 Å². The highest BCUT2D eigenvalue weighted by Crippen LogP contribution is 2.25. The summed E-state index contributed by atoms with van der Waals surface area (Å²) < 4.78 is 31.7. The van der Waals surface area contributed by atoms with E-state index in [-0.39, 0.29) is 21.7 Å². The molecule has 1 amide bonds. The van der Waals surface area contributed by atoms with Crippen LogP contribution in [0.1, 0.15) is 16.1 Å². The fraction of sp³-hybridized carbons (Fsp3) is 0.227. The summed E-state index contributed by atoms with van der Waals surface area (Å²) in [6, 6.07) is 19.3. The zero-order valence-corrected chi connectivity index (χ0v) is 18.6. The van der Waals surface area contributed by atoms with Gasteiger partial charge in [0, 0.05) is 37.2 Å². The van der Waals surface area contributed by atoms with Crippen molar-refractivity contribution in [3.63, 3.8) is 0 Å². The molecule has 2 aromatic carbocycles. The number of nitrogens with zero attached hydrogens (tertiary/aromatic N) is 2. The van der Waals surface area contributed by atoms with Gasteiger partial charge in [-0.25, -0.2) is 8.42 Å². The minimum absolute atomic E-state index is 0.0437. The lowest BCUT2D eigenvalue weighted by Crippen LogP contribution is -2.48. The average Bonchev–Trinajstić information content (AvgIpc) is 3.26. The summed E-state index contributed by atoms with van der Waals surface area (Å²) in [5.41, 5.74) is 1.24. The van der Waals surface area contributed by atoms with Crippen LogP contribution >= 0.6 is 15.9 Å². The summed E-state index contributed by atoms with van der Waals surface area (Å²) in [7, 11) is -3.81. The average molecular weight is 489 g/mol. The highest BCUT2D eigenvalue weighted by molar-refractivity contribution is 9.10. The van der Waals surface area contributed by atoms with Crippen LogP contribution < -0.4 is 0 Å². The molecule has 0 N–H and O–H groups in total. The Bertz CT molecular complexity index is 1120. The lowest BCUT2D eigenvalue weighted by Gasteiger charge is -2.34. The first kappa shape index (κ1) is 20.8. The Morgan fingerprint density at radius 2 is 1.57 bits per heavy atom. The van der Waals surface area contributed by atoms with E-state index < -0.39 is 9.84 Å². The smallest absolute Gasteiger partial charge is 0.289 e. The SMILES string of the molecule is O=C(c1ccc(S(=O)(=O)c2ccc(Br)cc2)o1)N1CCN(Cc2ccccc2)CC1. The number of benzene rings is 2. The topological polar surface area (TPSA) is 70.8 Å². The van der Waals surface area contributed by atoms with Gasteiger partial charge in [-0.15, -0.1) is 0 Å². The Kier molecular flexibility index (Phi) is 6.08. The largest absolute Gasteiger partial charge is 0.439 e. The first-order valence-electron chi connectivity index (χ1n) is 9.59. The molecule has 0 saturated carbocycles. The number of hydrogen-bond donors (Lipinski definition) is 0. The number of carbonyl (C=O) groups is 1. The molecule has 0 atom stereocenters. The fourth-order valence-corrected chi connectivity index (χ4v) is 4.85. The van der Waals surface area contributed by atoms with E-state index in [0.717, 1.165) is 24.1 Å². The van der Waals surface area contributed by atoms with Gasteiger partial charge in [0.1, 0.15) is 0 Å². The molecule has 1 aliphatic heterocycles. The molecular weight excluding hydrogens is 468 g/mol. The second-order valence-electron chi connectivity index (χ2n) is 7.13. The van der Waals surface area contributed by atoms with Crippen molar-refractivity contribution in [1.82, 2.24) is 9.80 Å². The molecule has 156 valence electrons. The van der Waals surface area contributed by atoms with Crippen LogP contribution in [0.2, 0.25) is 0 Å². The summed E-state index contributed by atoms with van der Waals surface area (Å²) in [6.45, 7) is 3.50. The molecule has 30 heavy (non-hydrogen) atoms. The van der Waals surface area contributed by atoms with Crippen LogP contribution in [0.3, 0.4) is 0 Å². The summed E-state index contributed by atoms with van der Waals surface area (Å²) >= 11 is 3.29. The minimum atomic E-state index is -3.81. The second-order valence-corrected chi connectivity index (χ2v) is 9.93. The van der Waals surface area contributed by atoms with Gasteiger partial charge in [-0.3, -0.25) is 9.69 Å². The molecule has 8 heteroatoms. The van der Waals surface area contributed by atoms with Crippen LogP contribution in [-0.4, -0.2) is 50.3 Å². The lowest BCUT2D eigenvalue weighted by molar-refractivity contribution is 0.0592. The predicted octanol–water partition coefficient (Wildman–Crippen LogP) is 3.83. The van der Waals surface area contributed by atoms with Crippen LogP contribution in [0.5, 0.6) is 0 Å². The number of carbonyl (C=O) groups excluding carboxylic acids is 1. The van der Waals surface area contributed by atoms with Crippen molar-refractivity contribution in [2.45, 2.75) is 16.5 Å². The van der Waals surface area contributed by atoms with Crippen molar-refractivity contribution in [3.8, 4) is 0 Å². The molecule has 1 saturated heterocycles. The highest BCUT2D eigenvalue weighted by atomic mass is 79.9. The lowest BCUT2D eigenvalue weighted by atomic mass is 10.2. The normalized spacial score (nSPS) is 15.3. The van der Waals surface area contributed by atoms with Gasteiger partial charge in [0.05, 0.1) is 4.90 Å². The number of rotatable bonds is 5. The predicted molar refractivity (Wildman–Crippen MR) is 116 cm³/mol. The van der Waals surface area contributed by atoms with Crippen molar-refractivity contribution in [2.75, 3.05) is 26.2 Å². The van der Waals surface area contributed by atoms with Crippen molar-refractivity contribution in [2.24, 2.45) is 0 Å². The number of halogens is 1. The maximum atomic E-state index is 12.8. The number of hydrogen-bond acceptors (Lipinski definition) is 5. The number of amides is 1. The van der Waals surface area contributed by atoms with Gasteiger partial charge in [0.25, 0.3) is 5.91 Å². The maximum Gasteiger partial charge on any atom is 0.289 e. The van der Waals surface area contributed by atoms with E-state index in [9.17, 15) is 13.2 Å². The fourth-order valence-electron chi connectivity index (χ4n) is 3.42. The van der Waals surface area contributed by atoms with Crippen molar-refractivity contribution < 1.29 is 17.6 Å². The third-order valence-corrected chi connectivity index (χ3v) is 7.26. The van der Waals surface area contributed by atoms with E-state index in [4.69, 9.17) is 4.42 Å². The Labute approximate surface area is 184 Å². The number of sulfone groups is 1. The molecule has 2 heterocycles. The van der Waals surface area contributed by atoms with Crippen LogP contribution in [0.25, 0.3) is 0 Å². The van der Waals surface area contributed by atoms with Crippen molar-refractivity contribution >= 4 is 31.7 Å². The summed E-state index contributed by atoms with van der Waals surface area (Å²) in [5, 5.41) is -0.226. The standard InChI is InChI=1S/C22H21BrN2O4S/c23-18-6-8-19(9-7-18)30(27,28)21-11-10-20(29-21)22(26)25-14-12-24(13-15-25)16-17-4-2-1-3-5-17/h1-11H,12-16H2. The minimum Gasteiger partial charge on any atom is -0.439 e. The Morgan fingerprint density at radius 1 is 0.900 bits per heavy atom. The van der Waals surface area contributed by atoms with Gasteiger partial charge >= 0.3 is 0 Å². The van der Waals surface area contributed by atoms with Gasteiger partial charge in [-0.1, -0.05) is 46.3 Å². The molecule has 1 aromatic heterocycles. The highest BCUT2D eigenvalue weighted by Gasteiger charge is 2.27. The van der Waals surface area contributed by atoms with E-state index in [1.54, 1.807) is 17.0 Å². The zero-order chi connectivity index (χ0) is 21.1. The monoisotopic (exact) mass is 488 g/mol. The molecule has 1 aliphatic rings. The quantitative estimate of drug-likeness (QED) is 0.545. The number of furan rings is 1. The van der Waals surface area contributed by atoms with Crippen LogP contribution in [0.15, 0.2) is 85.6 Å². The van der Waals surface area contributed by atoms with Crippen molar-refractivity contribution in [3.05, 3.63) is 82.5 Å². The molecule has 0 unspecified atom stereocenters. The first-order valence-corrected chi connectivity index (χ1v) is 11.9. The van der Waals surface area contributed by atoms with Crippen LogP contribution in [-0.2, 0) is 16.4 Å². The van der Waals surface area contributed by atoms with Crippen LogP contribution in [0, 0.1) is 0 Å². The summed E-state index contributed by atoms with van der Waals surface area (Å²) in [5.74, 6) is -0.242. The Balaban J connectivity index is 1.40. The van der Waals surface area contributed by atoms with E-state index in [1.165, 1.54) is 29.8 Å². The Hall–Kier alpha value is -2.42.